The number of alkyl carbamates (subject to hydrolysis) is 1. The highest BCUT2D eigenvalue weighted by Gasteiger charge is 2.63. The first-order valence-corrected chi connectivity index (χ1v) is 22.1. The molecule has 1 aromatic heterocycles. The monoisotopic (exact) mass is 901 g/mol. The molecule has 2 saturated carbocycles. The van der Waals surface area contributed by atoms with Crippen molar-refractivity contribution in [2.45, 2.75) is 133 Å². The van der Waals surface area contributed by atoms with Gasteiger partial charge in [0.15, 0.2) is 12.2 Å². The van der Waals surface area contributed by atoms with Gasteiger partial charge in [0.05, 0.1) is 11.3 Å². The van der Waals surface area contributed by atoms with Crippen LogP contribution >= 0.6 is 11.6 Å². The van der Waals surface area contributed by atoms with Crippen LogP contribution < -0.4 is 24.8 Å². The number of nitrogens with zero attached hydrogens (tertiary/aromatic N) is 2. The van der Waals surface area contributed by atoms with Crippen LogP contribution in [0.3, 0.4) is 0 Å². The third-order valence-electron chi connectivity index (χ3n) is 12.3. The maximum Gasteiger partial charge on any atom is 0.408 e. The largest absolute Gasteiger partial charge is 0.472 e. The summed E-state index contributed by atoms with van der Waals surface area (Å²) in [6.07, 6.45) is 0.528. The Hall–Kier alpha value is -4.39. The first-order chi connectivity index (χ1) is 28.4. The fourth-order valence-electron chi connectivity index (χ4n) is 7.73. The summed E-state index contributed by atoms with van der Waals surface area (Å²) in [6, 6.07) is 3.34. The van der Waals surface area contributed by atoms with E-state index >= 15 is 0 Å². The summed E-state index contributed by atoms with van der Waals surface area (Å²) in [5.74, 6) is -7.62. The highest BCUT2D eigenvalue weighted by Crippen LogP contribution is 2.48. The van der Waals surface area contributed by atoms with Gasteiger partial charge in [0.25, 0.3) is 18.3 Å². The van der Waals surface area contributed by atoms with E-state index in [1.807, 2.05) is 13.0 Å². The predicted octanol–water partition coefficient (Wildman–Crippen LogP) is 6.29. The number of aromatic nitrogens is 1. The van der Waals surface area contributed by atoms with Gasteiger partial charge in [-0.3, -0.25) is 19.1 Å². The molecule has 1 saturated heterocycles. The zero-order valence-electron chi connectivity index (χ0n) is 34.7. The lowest BCUT2D eigenvalue weighted by Gasteiger charge is -2.35. The van der Waals surface area contributed by atoms with Gasteiger partial charge in [-0.05, 0) is 83.3 Å². The second-order valence-electron chi connectivity index (χ2n) is 17.7. The van der Waals surface area contributed by atoms with E-state index in [2.05, 4.69) is 20.3 Å². The summed E-state index contributed by atoms with van der Waals surface area (Å²) >= 11 is 6.46. The van der Waals surface area contributed by atoms with Crippen molar-refractivity contribution in [3.05, 3.63) is 41.4 Å². The van der Waals surface area contributed by atoms with Gasteiger partial charge < -0.3 is 29.7 Å². The highest BCUT2D eigenvalue weighted by molar-refractivity contribution is 7.91. The van der Waals surface area contributed by atoms with Gasteiger partial charge in [-0.1, -0.05) is 43.7 Å². The SMILES string of the molecule is C[C@H]1CC/C=C\[C@@H]2C[C@@]2(C(=O)NS(=O)(=O)C2(C)CC2)NC(=O)[C@@H]2C[C@@H](Oc3nc(OCC(F)F)cc4c(Cl)cccc34)CN2C(=O)C(NC(=O)OC(C)(C)C(C)(F)F)[C@H](C)C1. The molecule has 2 aliphatic carbocycles. The van der Waals surface area contributed by atoms with Gasteiger partial charge in [-0.25, -0.2) is 30.8 Å². The molecule has 3 N–H and O–H groups in total. The quantitative estimate of drug-likeness (QED) is 0.171. The third-order valence-corrected chi connectivity index (χ3v) is 14.8. The molecule has 0 spiro atoms. The molecule has 14 nitrogen and oxygen atoms in total. The fourth-order valence-corrected chi connectivity index (χ4v) is 9.27. The van der Waals surface area contributed by atoms with Crippen LogP contribution in [0.1, 0.15) is 86.5 Å². The van der Waals surface area contributed by atoms with Gasteiger partial charge >= 0.3 is 6.09 Å². The Morgan fingerprint density at radius 2 is 1.82 bits per heavy atom. The van der Waals surface area contributed by atoms with E-state index in [4.69, 9.17) is 25.8 Å². The standard InChI is InChI=1S/C41H52ClF4N5O9S/c1-22-10-7-8-11-24-19-41(24,36(54)50-61(56,57)39(5)14-15-39)49-33(52)29-17-25(59-34-26-12-9-13-28(42)27(26)18-31(47-34)58-21-30(43)44)20-51(29)35(53)32(23(2)16-22)48-37(55)60-38(3,4)40(6,45)46/h8-9,11-13,18,22-25,29-30,32H,7,10,14-17,19-21H2,1-6H3,(H,48,55)(H,49,52)(H,50,54)/b11-8-/t22-,23+,24+,25+,29-,32?,41+/m0/s1. The van der Waals surface area contributed by atoms with Crippen molar-refractivity contribution in [2.24, 2.45) is 17.8 Å². The molecular formula is C41H52ClF4N5O9S. The Balaban J connectivity index is 1.37. The summed E-state index contributed by atoms with van der Waals surface area (Å²) in [5, 5.41) is 6.19. The van der Waals surface area contributed by atoms with E-state index < -0.39 is 98.7 Å². The number of rotatable bonds is 11. The average molecular weight is 902 g/mol. The second kappa shape index (κ2) is 17.1. The van der Waals surface area contributed by atoms with Crippen molar-refractivity contribution in [1.82, 2.24) is 25.2 Å². The van der Waals surface area contributed by atoms with Gasteiger partial charge in [-0.15, -0.1) is 0 Å². The third kappa shape index (κ3) is 9.97. The number of sulfonamides is 1. The van der Waals surface area contributed by atoms with Crippen LogP contribution in [-0.2, 0) is 29.1 Å². The van der Waals surface area contributed by atoms with Crippen molar-refractivity contribution in [3.8, 4) is 11.8 Å². The minimum Gasteiger partial charge on any atom is -0.472 e. The normalized spacial score (nSPS) is 28.7. The molecule has 0 bridgehead atoms. The molecule has 3 fully saturated rings. The fraction of sp³-hybridized carbons (Fsp3) is 0.634. The Bertz CT molecular complexity index is 2190. The van der Waals surface area contributed by atoms with Crippen molar-refractivity contribution in [1.29, 1.82) is 0 Å². The first-order valence-electron chi connectivity index (χ1n) is 20.3. The number of halogens is 5. The molecule has 20 heteroatoms. The number of ether oxygens (including phenoxy) is 3. The minimum atomic E-state index is -4.11. The van der Waals surface area contributed by atoms with Crippen molar-refractivity contribution < 1.29 is 59.4 Å². The molecule has 1 unspecified atom stereocenters. The van der Waals surface area contributed by atoms with Crippen LogP contribution in [-0.4, -0.2) is 102 Å². The van der Waals surface area contributed by atoms with Gasteiger partial charge in [0.2, 0.25) is 33.6 Å². The van der Waals surface area contributed by atoms with Crippen LogP contribution in [0.15, 0.2) is 36.4 Å². The molecule has 4 aliphatic rings. The molecule has 6 rings (SSSR count). The highest BCUT2D eigenvalue weighted by atomic mass is 35.5. The lowest BCUT2D eigenvalue weighted by Crippen LogP contribution is -2.59. The number of hydrogen-bond donors (Lipinski definition) is 3. The van der Waals surface area contributed by atoms with Crippen LogP contribution in [0.4, 0.5) is 22.4 Å². The molecule has 2 aromatic rings. The summed E-state index contributed by atoms with van der Waals surface area (Å²) in [6.45, 7) is 6.51. The lowest BCUT2D eigenvalue weighted by molar-refractivity contribution is -0.152. The van der Waals surface area contributed by atoms with E-state index in [9.17, 15) is 45.2 Å². The molecule has 1 aromatic carbocycles. The molecule has 3 heterocycles. The Labute approximate surface area is 356 Å². The maximum atomic E-state index is 14.9. The Morgan fingerprint density at radius 1 is 1.11 bits per heavy atom. The number of allylic oxidation sites excluding steroid dienone is 1. The molecule has 0 radical (unpaired) electrons. The van der Waals surface area contributed by atoms with Crippen molar-refractivity contribution >= 4 is 56.2 Å². The van der Waals surface area contributed by atoms with Crippen molar-refractivity contribution in [2.75, 3.05) is 13.2 Å². The Kier molecular flexibility index (Phi) is 12.9. The van der Waals surface area contributed by atoms with Gasteiger partial charge in [-0.2, -0.15) is 4.98 Å². The summed E-state index contributed by atoms with van der Waals surface area (Å²) in [4.78, 5) is 62.2. The molecule has 336 valence electrons. The van der Waals surface area contributed by atoms with E-state index in [0.717, 1.165) is 18.7 Å². The van der Waals surface area contributed by atoms with Crippen LogP contribution in [0, 0.1) is 17.8 Å². The number of pyridine rings is 1. The van der Waals surface area contributed by atoms with Crippen molar-refractivity contribution in [3.63, 3.8) is 0 Å². The number of nitrogens with one attached hydrogen (secondary N) is 3. The van der Waals surface area contributed by atoms with Crippen LogP contribution in [0.5, 0.6) is 11.8 Å². The van der Waals surface area contributed by atoms with E-state index in [1.54, 1.807) is 31.2 Å². The van der Waals surface area contributed by atoms with Gasteiger partial charge in [0.1, 0.15) is 23.7 Å². The zero-order chi connectivity index (χ0) is 44.9. The molecular weight excluding hydrogens is 850 g/mol. The number of amides is 4. The number of carbonyl (C=O) groups is 4. The topological polar surface area (TPSA) is 182 Å². The summed E-state index contributed by atoms with van der Waals surface area (Å²) in [7, 11) is -4.11. The summed E-state index contributed by atoms with van der Waals surface area (Å²) in [5.41, 5.74) is -3.97. The smallest absolute Gasteiger partial charge is 0.408 e. The van der Waals surface area contributed by atoms with E-state index in [-0.39, 0.29) is 42.1 Å². The molecule has 2 aliphatic heterocycles. The van der Waals surface area contributed by atoms with E-state index in [1.165, 1.54) is 13.0 Å². The first kappa shape index (κ1) is 46.1. The van der Waals surface area contributed by atoms with Crippen LogP contribution in [0.25, 0.3) is 10.8 Å². The maximum absolute atomic E-state index is 14.9. The number of benzene rings is 1. The average Bonchev–Trinajstić information content (AvgIpc) is 4.04. The summed E-state index contributed by atoms with van der Waals surface area (Å²) < 4.78 is 99.3. The predicted molar refractivity (Wildman–Crippen MR) is 216 cm³/mol. The minimum absolute atomic E-state index is 0.0399. The second-order valence-corrected chi connectivity index (χ2v) is 20.3. The number of fused-ring (bicyclic) bond motifs is 3. The molecule has 7 atom stereocenters. The Morgan fingerprint density at radius 3 is 2.48 bits per heavy atom. The van der Waals surface area contributed by atoms with Gasteiger partial charge in [0, 0.05) is 41.1 Å². The van der Waals surface area contributed by atoms with Crippen LogP contribution in [0.2, 0.25) is 5.02 Å². The molecule has 61 heavy (non-hydrogen) atoms. The van der Waals surface area contributed by atoms with E-state index in [0.29, 0.717) is 49.8 Å². The zero-order valence-corrected chi connectivity index (χ0v) is 36.3. The lowest BCUT2D eigenvalue weighted by atomic mass is 9.88. The number of carbonyl (C=O) groups excluding carboxylic acids is 4. The number of alkyl halides is 4. The molecule has 4 amide bonds. The number of hydrogen-bond acceptors (Lipinski definition) is 10.